The van der Waals surface area contributed by atoms with Crippen molar-refractivity contribution in [3.05, 3.63) is 29.8 Å². The lowest BCUT2D eigenvalue weighted by Crippen LogP contribution is -2.38. The van der Waals surface area contributed by atoms with Gasteiger partial charge in [-0.3, -0.25) is 19.3 Å². The molecule has 1 aliphatic rings. The van der Waals surface area contributed by atoms with Crippen molar-refractivity contribution in [3.63, 3.8) is 0 Å². The lowest BCUT2D eigenvalue weighted by Gasteiger charge is -2.12. The van der Waals surface area contributed by atoms with Crippen molar-refractivity contribution < 1.29 is 19.2 Å². The minimum atomic E-state index is -0.572. The predicted octanol–water partition coefficient (Wildman–Crippen LogP) is 0.379. The number of nitrogens with one attached hydrogen (secondary N) is 2. The first kappa shape index (κ1) is 13.7. The van der Waals surface area contributed by atoms with Crippen LogP contribution in [0, 0.1) is 0 Å². The van der Waals surface area contributed by atoms with Gasteiger partial charge < -0.3 is 10.6 Å². The summed E-state index contributed by atoms with van der Waals surface area (Å²) in [5, 5.41) is 4.88. The van der Waals surface area contributed by atoms with Gasteiger partial charge in [-0.1, -0.05) is 0 Å². The third-order valence-electron chi connectivity index (χ3n) is 2.81. The van der Waals surface area contributed by atoms with Crippen molar-refractivity contribution in [2.45, 2.75) is 6.92 Å². The Labute approximate surface area is 114 Å². The molecule has 0 bridgehead atoms. The van der Waals surface area contributed by atoms with E-state index in [0.717, 1.165) is 4.90 Å². The summed E-state index contributed by atoms with van der Waals surface area (Å²) in [5.74, 6) is -0.981. The zero-order valence-corrected chi connectivity index (χ0v) is 10.8. The first-order chi connectivity index (χ1) is 9.47. The summed E-state index contributed by atoms with van der Waals surface area (Å²) in [6.45, 7) is 1.03. The molecule has 104 valence electrons. The molecular formula is C13H13N3O4. The molecule has 0 spiro atoms. The van der Waals surface area contributed by atoms with E-state index >= 15 is 0 Å². The Morgan fingerprint density at radius 1 is 1.25 bits per heavy atom. The van der Waals surface area contributed by atoms with E-state index in [1.54, 1.807) is 24.3 Å². The molecule has 0 aromatic heterocycles. The molecule has 1 aromatic rings. The Morgan fingerprint density at radius 2 is 1.90 bits per heavy atom. The standard InChI is InChI=1S/C13H13N3O4/c1-8(17)9-2-4-10(5-3-9)15-11(18)7-16-12(19)6-14-13(16)20/h2-5H,6-7H2,1H3,(H,14,20)(H,15,18). The van der Waals surface area contributed by atoms with Crippen molar-refractivity contribution in [2.75, 3.05) is 18.4 Å². The average Bonchev–Trinajstić information content (AvgIpc) is 2.71. The van der Waals surface area contributed by atoms with Crippen LogP contribution in [0.2, 0.25) is 0 Å². The Balaban J connectivity index is 1.96. The van der Waals surface area contributed by atoms with Crippen molar-refractivity contribution >= 4 is 29.3 Å². The lowest BCUT2D eigenvalue weighted by molar-refractivity contribution is -0.128. The maximum atomic E-state index is 11.7. The van der Waals surface area contributed by atoms with Crippen LogP contribution in [0.5, 0.6) is 0 Å². The van der Waals surface area contributed by atoms with Crippen LogP contribution in [0.25, 0.3) is 0 Å². The number of hydrogen-bond acceptors (Lipinski definition) is 4. The third kappa shape index (κ3) is 3.00. The van der Waals surface area contributed by atoms with Gasteiger partial charge in [-0.05, 0) is 31.2 Å². The van der Waals surface area contributed by atoms with Gasteiger partial charge in [-0.15, -0.1) is 0 Å². The van der Waals surface area contributed by atoms with E-state index in [4.69, 9.17) is 0 Å². The highest BCUT2D eigenvalue weighted by Gasteiger charge is 2.30. The first-order valence-electron chi connectivity index (χ1n) is 5.96. The molecule has 1 aliphatic heterocycles. The molecule has 4 amide bonds. The Bertz CT molecular complexity index is 564. The number of urea groups is 1. The normalized spacial score (nSPS) is 14.2. The molecule has 0 unspecified atom stereocenters. The number of imide groups is 1. The van der Waals surface area contributed by atoms with E-state index in [9.17, 15) is 19.2 Å². The van der Waals surface area contributed by atoms with Crippen LogP contribution >= 0.6 is 0 Å². The van der Waals surface area contributed by atoms with Gasteiger partial charge in [0.15, 0.2) is 5.78 Å². The van der Waals surface area contributed by atoms with E-state index in [2.05, 4.69) is 10.6 Å². The summed E-state index contributed by atoms with van der Waals surface area (Å²) in [6, 6.07) is 5.77. The number of benzene rings is 1. The number of amides is 4. The second-order valence-electron chi connectivity index (χ2n) is 4.32. The zero-order chi connectivity index (χ0) is 14.7. The maximum absolute atomic E-state index is 11.7. The SMILES string of the molecule is CC(=O)c1ccc(NC(=O)CN2C(=O)CNC2=O)cc1. The van der Waals surface area contributed by atoms with Crippen LogP contribution in [0.1, 0.15) is 17.3 Å². The average molecular weight is 275 g/mol. The molecular weight excluding hydrogens is 262 g/mol. The van der Waals surface area contributed by atoms with Gasteiger partial charge in [0.2, 0.25) is 5.91 Å². The van der Waals surface area contributed by atoms with Crippen LogP contribution < -0.4 is 10.6 Å². The van der Waals surface area contributed by atoms with Gasteiger partial charge >= 0.3 is 6.03 Å². The van der Waals surface area contributed by atoms with Crippen molar-refractivity contribution in [1.29, 1.82) is 0 Å². The lowest BCUT2D eigenvalue weighted by atomic mass is 10.1. The second-order valence-corrected chi connectivity index (χ2v) is 4.32. The number of carbonyl (C=O) groups is 4. The van der Waals surface area contributed by atoms with Crippen molar-refractivity contribution in [1.82, 2.24) is 10.2 Å². The number of anilines is 1. The van der Waals surface area contributed by atoms with E-state index in [0.29, 0.717) is 11.3 Å². The number of hydrogen-bond donors (Lipinski definition) is 2. The molecule has 1 aromatic carbocycles. The van der Waals surface area contributed by atoms with Gasteiger partial charge in [0, 0.05) is 11.3 Å². The fourth-order valence-corrected chi connectivity index (χ4v) is 1.75. The monoisotopic (exact) mass is 275 g/mol. The largest absolute Gasteiger partial charge is 0.329 e. The highest BCUT2D eigenvalue weighted by atomic mass is 16.2. The molecule has 0 atom stereocenters. The molecule has 0 aliphatic carbocycles. The first-order valence-corrected chi connectivity index (χ1v) is 5.96. The molecule has 2 N–H and O–H groups in total. The minimum absolute atomic E-state index is 0.0674. The summed E-state index contributed by atoms with van der Waals surface area (Å²) < 4.78 is 0. The van der Waals surface area contributed by atoms with Crippen LogP contribution in [0.15, 0.2) is 24.3 Å². The highest BCUT2D eigenvalue weighted by molar-refractivity contribution is 6.06. The summed E-state index contributed by atoms with van der Waals surface area (Å²) in [5.41, 5.74) is 1.03. The van der Waals surface area contributed by atoms with Gasteiger partial charge in [0.1, 0.15) is 6.54 Å². The van der Waals surface area contributed by atoms with Crippen LogP contribution in [0.3, 0.4) is 0 Å². The van der Waals surface area contributed by atoms with E-state index < -0.39 is 17.8 Å². The fourth-order valence-electron chi connectivity index (χ4n) is 1.75. The summed E-state index contributed by atoms with van der Waals surface area (Å²) in [4.78, 5) is 46.3. The van der Waals surface area contributed by atoms with E-state index in [1.807, 2.05) is 0 Å². The Hall–Kier alpha value is -2.70. The topological polar surface area (TPSA) is 95.6 Å². The highest BCUT2D eigenvalue weighted by Crippen LogP contribution is 2.10. The van der Waals surface area contributed by atoms with Crippen LogP contribution in [-0.4, -0.2) is 41.6 Å². The number of ketones is 1. The maximum Gasteiger partial charge on any atom is 0.325 e. The molecule has 7 heteroatoms. The zero-order valence-electron chi connectivity index (χ0n) is 10.8. The van der Waals surface area contributed by atoms with E-state index in [-0.39, 0.29) is 18.9 Å². The second kappa shape index (κ2) is 5.52. The molecule has 2 rings (SSSR count). The summed E-state index contributed by atoms with van der Waals surface area (Å²) >= 11 is 0. The number of carbonyl (C=O) groups excluding carboxylic acids is 4. The third-order valence-corrected chi connectivity index (χ3v) is 2.81. The molecule has 1 heterocycles. The van der Waals surface area contributed by atoms with Crippen molar-refractivity contribution in [2.24, 2.45) is 0 Å². The van der Waals surface area contributed by atoms with Gasteiger partial charge in [-0.25, -0.2) is 4.79 Å². The van der Waals surface area contributed by atoms with Crippen LogP contribution in [-0.2, 0) is 9.59 Å². The van der Waals surface area contributed by atoms with Crippen molar-refractivity contribution in [3.8, 4) is 0 Å². The Morgan fingerprint density at radius 3 is 2.40 bits per heavy atom. The summed E-state index contributed by atoms with van der Waals surface area (Å²) in [7, 11) is 0. The molecule has 7 nitrogen and oxygen atoms in total. The van der Waals surface area contributed by atoms with Gasteiger partial charge in [0.05, 0.1) is 6.54 Å². The summed E-state index contributed by atoms with van der Waals surface area (Å²) in [6.07, 6.45) is 0. The molecule has 0 radical (unpaired) electrons. The predicted molar refractivity (Wildman–Crippen MR) is 70.2 cm³/mol. The minimum Gasteiger partial charge on any atom is -0.329 e. The molecule has 1 fully saturated rings. The number of Topliss-reactive ketones (excluding diaryl/α,β-unsaturated/α-hetero) is 1. The molecule has 20 heavy (non-hydrogen) atoms. The fraction of sp³-hybridized carbons (Fsp3) is 0.231. The quantitative estimate of drug-likeness (QED) is 0.613. The van der Waals surface area contributed by atoms with Gasteiger partial charge in [-0.2, -0.15) is 0 Å². The Kier molecular flexibility index (Phi) is 3.79. The number of nitrogens with zero attached hydrogens (tertiary/aromatic N) is 1. The van der Waals surface area contributed by atoms with Crippen LogP contribution in [0.4, 0.5) is 10.5 Å². The number of rotatable bonds is 4. The molecule has 0 saturated carbocycles. The smallest absolute Gasteiger partial charge is 0.325 e. The van der Waals surface area contributed by atoms with Gasteiger partial charge in [0.25, 0.3) is 5.91 Å². The molecule has 1 saturated heterocycles. The van der Waals surface area contributed by atoms with E-state index in [1.165, 1.54) is 6.92 Å².